The van der Waals surface area contributed by atoms with Gasteiger partial charge in [0.2, 0.25) is 0 Å². The molecule has 2 aliphatic heterocycles. The fourth-order valence-electron chi connectivity index (χ4n) is 12.4. The summed E-state index contributed by atoms with van der Waals surface area (Å²) in [4.78, 5) is 2.67. The molecule has 4 heterocycles. The molecule has 4 heteroatoms. The smallest absolute Gasteiger partial charge is 0.333 e. The molecule has 62 heavy (non-hydrogen) atoms. The van der Waals surface area contributed by atoms with Crippen LogP contribution >= 0.6 is 0 Å². The second kappa shape index (κ2) is 11.2. The normalized spacial score (nSPS) is 15.9. The molecular formula is C58H45BN2O. The summed E-state index contributed by atoms with van der Waals surface area (Å²) in [5, 5.41) is 4.90. The van der Waals surface area contributed by atoms with Gasteiger partial charge in [-0.3, -0.25) is 0 Å². The van der Waals surface area contributed by atoms with E-state index in [0.717, 1.165) is 21.9 Å². The fraction of sp³-hybridized carbons (Fsp3) is 0.172. The van der Waals surface area contributed by atoms with E-state index in [1.165, 1.54) is 111 Å². The van der Waals surface area contributed by atoms with Crippen molar-refractivity contribution in [3.8, 4) is 39.1 Å². The van der Waals surface area contributed by atoms with Gasteiger partial charge in [-0.1, -0.05) is 146 Å². The highest BCUT2D eigenvalue weighted by Gasteiger charge is 2.47. The van der Waals surface area contributed by atoms with E-state index in [2.05, 4.69) is 203 Å². The van der Waals surface area contributed by atoms with Crippen molar-refractivity contribution >= 4 is 72.9 Å². The van der Waals surface area contributed by atoms with Crippen LogP contribution in [0.4, 0.5) is 11.4 Å². The van der Waals surface area contributed by atoms with Crippen molar-refractivity contribution in [1.82, 2.24) is 4.57 Å². The van der Waals surface area contributed by atoms with Crippen LogP contribution < -0.4 is 15.7 Å². The average molecular weight is 797 g/mol. The van der Waals surface area contributed by atoms with E-state index >= 15 is 0 Å². The van der Waals surface area contributed by atoms with Gasteiger partial charge >= 0.3 is 6.85 Å². The number of fused-ring (bicyclic) bond motifs is 17. The van der Waals surface area contributed by atoms with E-state index in [1.54, 1.807) is 0 Å². The molecule has 0 bridgehead atoms. The Morgan fingerprint density at radius 3 is 1.87 bits per heavy atom. The molecular weight excluding hydrogens is 751 g/mol. The van der Waals surface area contributed by atoms with E-state index in [4.69, 9.17) is 4.42 Å². The van der Waals surface area contributed by atoms with Gasteiger partial charge in [0.25, 0.3) is 0 Å². The molecule has 3 nitrogen and oxygen atoms in total. The third-order valence-electron chi connectivity index (χ3n) is 15.5. The number of hydrogen-bond acceptors (Lipinski definition) is 2. The van der Waals surface area contributed by atoms with Gasteiger partial charge in [-0.25, -0.2) is 0 Å². The predicted octanol–water partition coefficient (Wildman–Crippen LogP) is 13.8. The summed E-state index contributed by atoms with van der Waals surface area (Å²) >= 11 is 0. The summed E-state index contributed by atoms with van der Waals surface area (Å²) in [7, 11) is 0. The minimum absolute atomic E-state index is 0.0356. The van der Waals surface area contributed by atoms with Crippen LogP contribution in [0.5, 0.6) is 0 Å². The van der Waals surface area contributed by atoms with Gasteiger partial charge in [0.15, 0.2) is 0 Å². The standard InChI is InChI=1S/C58H45BN2O/c1-56(2,3)32-20-22-33(23-21-32)61-50-28-43-36-16-10-13-19-52(36)62-53(43)29-42(50)37-24-25-38-41-26-39-34-14-8-11-17-44(34)58(6,7)47(39)31-49(41)60-51-27-40-35-15-9-12-18-45(35)57(4,5)46(40)30-48(51)59(61)54(37)55(38)60/h8-31H,1-7H3. The van der Waals surface area contributed by atoms with Crippen molar-refractivity contribution in [2.45, 2.75) is 64.7 Å². The van der Waals surface area contributed by atoms with Gasteiger partial charge < -0.3 is 13.8 Å². The maximum atomic E-state index is 6.66. The summed E-state index contributed by atoms with van der Waals surface area (Å²) in [6, 6.07) is 55.9. The van der Waals surface area contributed by atoms with Gasteiger partial charge in [0.05, 0.1) is 11.0 Å². The summed E-state index contributed by atoms with van der Waals surface area (Å²) in [5.74, 6) is 0. The number of hydrogen-bond donors (Lipinski definition) is 0. The largest absolute Gasteiger partial charge is 0.456 e. The Bertz CT molecular complexity index is 3680. The van der Waals surface area contributed by atoms with Crippen molar-refractivity contribution in [2.75, 3.05) is 4.81 Å². The highest BCUT2D eigenvalue weighted by atomic mass is 16.3. The number of nitrogens with zero attached hydrogens (tertiary/aromatic N) is 2. The molecule has 0 saturated heterocycles. The Labute approximate surface area is 362 Å². The molecule has 2 aliphatic carbocycles. The Kier molecular flexibility index (Phi) is 6.29. The highest BCUT2D eigenvalue weighted by molar-refractivity contribution is 6.93. The van der Waals surface area contributed by atoms with Crippen LogP contribution in [0.3, 0.4) is 0 Å². The van der Waals surface area contributed by atoms with Gasteiger partial charge in [0.1, 0.15) is 11.2 Å². The lowest BCUT2D eigenvalue weighted by Gasteiger charge is -2.42. The van der Waals surface area contributed by atoms with Gasteiger partial charge in [-0.05, 0) is 121 Å². The van der Waals surface area contributed by atoms with Crippen LogP contribution in [0.15, 0.2) is 150 Å². The molecule has 0 amide bonds. The molecule has 8 aromatic carbocycles. The number of anilines is 2. The number of para-hydroxylation sites is 1. The first kappa shape index (κ1) is 34.9. The Morgan fingerprint density at radius 1 is 0.484 bits per heavy atom. The average Bonchev–Trinajstić information content (AvgIpc) is 3.94. The molecule has 0 unspecified atom stereocenters. The van der Waals surface area contributed by atoms with Crippen molar-refractivity contribution in [3.63, 3.8) is 0 Å². The topological polar surface area (TPSA) is 21.3 Å². The number of aromatic nitrogens is 1. The summed E-state index contributed by atoms with van der Waals surface area (Å²) < 4.78 is 9.32. The van der Waals surface area contributed by atoms with Gasteiger partial charge in [-0.2, -0.15) is 0 Å². The zero-order valence-electron chi connectivity index (χ0n) is 36.2. The van der Waals surface area contributed by atoms with E-state index in [9.17, 15) is 0 Å². The summed E-state index contributed by atoms with van der Waals surface area (Å²) in [5.41, 5.74) is 25.4. The van der Waals surface area contributed by atoms with Crippen molar-refractivity contribution in [3.05, 3.63) is 173 Å². The van der Waals surface area contributed by atoms with Crippen LogP contribution in [0.25, 0.3) is 82.8 Å². The predicted molar refractivity (Wildman–Crippen MR) is 261 cm³/mol. The van der Waals surface area contributed by atoms with Crippen LogP contribution in [-0.4, -0.2) is 11.4 Å². The molecule has 14 rings (SSSR count). The zero-order chi connectivity index (χ0) is 41.8. The maximum Gasteiger partial charge on any atom is 0.333 e. The fourth-order valence-corrected chi connectivity index (χ4v) is 12.4. The molecule has 2 aromatic heterocycles. The Balaban J connectivity index is 1.16. The van der Waals surface area contributed by atoms with E-state index in [0.29, 0.717) is 0 Å². The number of benzene rings is 8. The molecule has 0 N–H and O–H groups in total. The second-order valence-electron chi connectivity index (χ2n) is 20.5. The Morgan fingerprint density at radius 2 is 1.15 bits per heavy atom. The van der Waals surface area contributed by atoms with E-state index < -0.39 is 0 Å². The molecule has 4 aliphatic rings. The first-order chi connectivity index (χ1) is 29.9. The minimum atomic E-state index is -0.154. The molecule has 0 spiro atoms. The van der Waals surface area contributed by atoms with Crippen LogP contribution in [0.2, 0.25) is 0 Å². The zero-order valence-corrected chi connectivity index (χ0v) is 36.2. The molecule has 0 saturated carbocycles. The third-order valence-corrected chi connectivity index (χ3v) is 15.5. The molecule has 10 aromatic rings. The minimum Gasteiger partial charge on any atom is -0.456 e. The van der Waals surface area contributed by atoms with E-state index in [1.807, 2.05) is 0 Å². The van der Waals surface area contributed by atoms with Crippen molar-refractivity contribution < 1.29 is 4.42 Å². The number of rotatable bonds is 1. The van der Waals surface area contributed by atoms with Crippen molar-refractivity contribution in [2.24, 2.45) is 0 Å². The van der Waals surface area contributed by atoms with Crippen LogP contribution in [0, 0.1) is 0 Å². The first-order valence-electron chi connectivity index (χ1n) is 22.3. The maximum absolute atomic E-state index is 6.66. The third kappa shape index (κ3) is 4.14. The Hall–Kier alpha value is -6.78. The summed E-state index contributed by atoms with van der Waals surface area (Å²) in [6.07, 6.45) is 0. The molecule has 296 valence electrons. The second-order valence-corrected chi connectivity index (χ2v) is 20.5. The van der Waals surface area contributed by atoms with Crippen molar-refractivity contribution in [1.29, 1.82) is 0 Å². The quantitative estimate of drug-likeness (QED) is 0.154. The molecule has 0 radical (unpaired) electrons. The first-order valence-corrected chi connectivity index (χ1v) is 22.3. The van der Waals surface area contributed by atoms with Gasteiger partial charge in [-0.15, -0.1) is 0 Å². The number of furan rings is 1. The summed E-state index contributed by atoms with van der Waals surface area (Å²) in [6.45, 7) is 16.5. The monoisotopic (exact) mass is 796 g/mol. The lowest BCUT2D eigenvalue weighted by Crippen LogP contribution is -2.60. The highest BCUT2D eigenvalue weighted by Crippen LogP contribution is 2.54. The SMILES string of the molecule is CC(C)(C)c1ccc(N2B3c4cc5c(cc4-n4c6cc7c(cc6c6ccc(c3c64)-c3cc4oc6ccccc6c4cc32)-c2ccccc2C7(C)C)-c2ccccc2C5(C)C)cc1. The lowest BCUT2D eigenvalue weighted by molar-refractivity contribution is 0.590. The van der Waals surface area contributed by atoms with E-state index in [-0.39, 0.29) is 23.1 Å². The van der Waals surface area contributed by atoms with Crippen LogP contribution in [0.1, 0.15) is 76.3 Å². The molecule has 0 fully saturated rings. The molecule has 0 atom stereocenters. The van der Waals surface area contributed by atoms with Crippen LogP contribution in [-0.2, 0) is 16.2 Å². The lowest BCUT2D eigenvalue weighted by atomic mass is 9.43. The van der Waals surface area contributed by atoms with Gasteiger partial charge in [0, 0.05) is 55.0 Å².